The summed E-state index contributed by atoms with van der Waals surface area (Å²) in [7, 11) is 0. The van der Waals surface area contributed by atoms with Crippen LogP contribution in [0.4, 0.5) is 5.82 Å². The van der Waals surface area contributed by atoms with Crippen LogP contribution in [0.2, 0.25) is 5.28 Å². The molecule has 0 unspecified atom stereocenters. The van der Waals surface area contributed by atoms with Gasteiger partial charge in [0.15, 0.2) is 5.78 Å². The Balaban J connectivity index is 2.26. The zero-order chi connectivity index (χ0) is 13.6. The van der Waals surface area contributed by atoms with E-state index in [9.17, 15) is 9.59 Å². The molecule has 3 rings (SSSR count). The Kier molecular flexibility index (Phi) is 2.99. The average Bonchev–Trinajstić information content (AvgIpc) is 2.69. The number of halogens is 2. The van der Waals surface area contributed by atoms with Crippen molar-refractivity contribution in [3.63, 3.8) is 0 Å². The standard InChI is InChI=1S/C12H7BrClN3O2/c13-8-3-1-2-7-10(8)15-12(14)16-11(7)17-5-6(18)4-9(17)19/h1-3H,4-5H2. The number of ketones is 1. The maximum Gasteiger partial charge on any atom is 0.236 e. The molecule has 0 aliphatic carbocycles. The van der Waals surface area contributed by atoms with Gasteiger partial charge in [-0.2, -0.15) is 4.98 Å². The van der Waals surface area contributed by atoms with Gasteiger partial charge in [-0.25, -0.2) is 4.98 Å². The summed E-state index contributed by atoms with van der Waals surface area (Å²) in [6.07, 6.45) is -0.0862. The van der Waals surface area contributed by atoms with E-state index in [1.54, 1.807) is 6.07 Å². The quantitative estimate of drug-likeness (QED) is 0.590. The average molecular weight is 341 g/mol. The van der Waals surface area contributed by atoms with Gasteiger partial charge in [0.1, 0.15) is 5.82 Å². The van der Waals surface area contributed by atoms with Gasteiger partial charge in [-0.3, -0.25) is 14.5 Å². The van der Waals surface area contributed by atoms with E-state index in [2.05, 4.69) is 25.9 Å². The zero-order valence-corrected chi connectivity index (χ0v) is 11.9. The summed E-state index contributed by atoms with van der Waals surface area (Å²) in [5, 5.41) is 0.725. The lowest BCUT2D eigenvalue weighted by molar-refractivity contribution is -0.121. The van der Waals surface area contributed by atoms with Crippen molar-refractivity contribution in [1.29, 1.82) is 0 Å². The maximum absolute atomic E-state index is 11.8. The molecule has 1 aliphatic heterocycles. The molecule has 0 saturated carbocycles. The largest absolute Gasteiger partial charge is 0.297 e. The van der Waals surface area contributed by atoms with Gasteiger partial charge in [-0.15, -0.1) is 0 Å². The third-order valence-corrected chi connectivity index (χ3v) is 3.68. The molecule has 19 heavy (non-hydrogen) atoms. The normalized spacial score (nSPS) is 15.6. The first-order chi connectivity index (χ1) is 9.06. The maximum atomic E-state index is 11.8. The van der Waals surface area contributed by atoms with Gasteiger partial charge >= 0.3 is 0 Å². The lowest BCUT2D eigenvalue weighted by Gasteiger charge is -2.16. The highest BCUT2D eigenvalue weighted by atomic mass is 79.9. The molecule has 5 nitrogen and oxygen atoms in total. The third-order valence-electron chi connectivity index (χ3n) is 2.87. The van der Waals surface area contributed by atoms with E-state index in [1.807, 2.05) is 12.1 Å². The molecular formula is C12H7BrClN3O2. The summed E-state index contributed by atoms with van der Waals surface area (Å²) in [6.45, 7) is 0.0355. The molecule has 0 spiro atoms. The lowest BCUT2D eigenvalue weighted by atomic mass is 10.2. The second kappa shape index (κ2) is 4.54. The number of fused-ring (bicyclic) bond motifs is 1. The first-order valence-corrected chi connectivity index (χ1v) is 6.67. The minimum absolute atomic E-state index is 0.0355. The van der Waals surface area contributed by atoms with Crippen LogP contribution in [0.1, 0.15) is 6.42 Å². The minimum atomic E-state index is -0.263. The Labute approximate surface area is 121 Å². The monoisotopic (exact) mass is 339 g/mol. The lowest BCUT2D eigenvalue weighted by Crippen LogP contribution is -2.26. The van der Waals surface area contributed by atoms with Crippen LogP contribution in [-0.4, -0.2) is 28.2 Å². The summed E-state index contributed by atoms with van der Waals surface area (Å²) in [5.41, 5.74) is 0.615. The molecule has 7 heteroatoms. The molecule has 1 saturated heterocycles. The summed E-state index contributed by atoms with van der Waals surface area (Å²) in [6, 6.07) is 5.43. The fourth-order valence-electron chi connectivity index (χ4n) is 2.06. The van der Waals surface area contributed by atoms with Crippen LogP contribution in [0.5, 0.6) is 0 Å². The molecule has 96 valence electrons. The van der Waals surface area contributed by atoms with Crippen LogP contribution in [0.25, 0.3) is 10.9 Å². The van der Waals surface area contributed by atoms with Crippen molar-refractivity contribution in [3.05, 3.63) is 28.0 Å². The Hall–Kier alpha value is -1.53. The molecule has 1 aromatic carbocycles. The SMILES string of the molecule is O=C1CC(=O)N(c2nc(Cl)nc3c(Br)cccc23)C1. The number of nitrogens with zero attached hydrogens (tertiary/aromatic N) is 3. The van der Waals surface area contributed by atoms with E-state index in [4.69, 9.17) is 11.6 Å². The van der Waals surface area contributed by atoms with Crippen molar-refractivity contribution in [2.75, 3.05) is 11.4 Å². The second-order valence-corrected chi connectivity index (χ2v) is 5.34. The highest BCUT2D eigenvalue weighted by Crippen LogP contribution is 2.31. The first kappa shape index (κ1) is 12.5. The molecule has 2 heterocycles. The number of Topliss-reactive ketones (excluding diaryl/α,β-unsaturated/α-hetero) is 1. The highest BCUT2D eigenvalue weighted by Gasteiger charge is 2.31. The van der Waals surface area contributed by atoms with E-state index in [0.717, 1.165) is 4.47 Å². The molecule has 0 radical (unpaired) electrons. The van der Waals surface area contributed by atoms with Crippen molar-refractivity contribution in [2.45, 2.75) is 6.42 Å². The van der Waals surface area contributed by atoms with E-state index in [1.165, 1.54) is 4.90 Å². The van der Waals surface area contributed by atoms with Gasteiger partial charge in [0, 0.05) is 9.86 Å². The van der Waals surface area contributed by atoms with Crippen molar-refractivity contribution in [1.82, 2.24) is 9.97 Å². The fraction of sp³-hybridized carbons (Fsp3) is 0.167. The minimum Gasteiger partial charge on any atom is -0.297 e. The van der Waals surface area contributed by atoms with Crippen LogP contribution >= 0.6 is 27.5 Å². The fourth-order valence-corrected chi connectivity index (χ4v) is 2.68. The number of hydrogen-bond donors (Lipinski definition) is 0. The number of carbonyl (C=O) groups is 2. The predicted molar refractivity (Wildman–Crippen MR) is 74.2 cm³/mol. The summed E-state index contributed by atoms with van der Waals surface area (Å²) >= 11 is 9.27. The molecule has 1 aliphatic rings. The molecule has 0 N–H and O–H groups in total. The van der Waals surface area contributed by atoms with E-state index in [-0.39, 0.29) is 29.9 Å². The molecule has 0 bridgehead atoms. The van der Waals surface area contributed by atoms with Crippen molar-refractivity contribution in [3.8, 4) is 0 Å². The van der Waals surface area contributed by atoms with Crippen molar-refractivity contribution < 1.29 is 9.59 Å². The van der Waals surface area contributed by atoms with Crippen molar-refractivity contribution in [2.24, 2.45) is 0 Å². The van der Waals surface area contributed by atoms with E-state index in [0.29, 0.717) is 16.7 Å². The number of anilines is 1. The molecular weight excluding hydrogens is 334 g/mol. The summed E-state index contributed by atoms with van der Waals surface area (Å²) < 4.78 is 0.758. The number of para-hydroxylation sites is 1. The highest BCUT2D eigenvalue weighted by molar-refractivity contribution is 9.10. The van der Waals surface area contributed by atoms with Gasteiger partial charge in [0.05, 0.1) is 18.5 Å². The number of rotatable bonds is 1. The second-order valence-electron chi connectivity index (χ2n) is 4.15. The van der Waals surface area contributed by atoms with Gasteiger partial charge in [0.25, 0.3) is 0 Å². The van der Waals surface area contributed by atoms with E-state index >= 15 is 0 Å². The van der Waals surface area contributed by atoms with Crippen LogP contribution in [0.3, 0.4) is 0 Å². The van der Waals surface area contributed by atoms with Gasteiger partial charge in [0.2, 0.25) is 11.2 Å². The summed E-state index contributed by atoms with van der Waals surface area (Å²) in [4.78, 5) is 32.8. The Bertz CT molecular complexity index is 719. The van der Waals surface area contributed by atoms with Gasteiger partial charge in [-0.05, 0) is 39.7 Å². The third kappa shape index (κ3) is 2.11. The van der Waals surface area contributed by atoms with Crippen LogP contribution in [0, 0.1) is 0 Å². The van der Waals surface area contributed by atoms with Gasteiger partial charge < -0.3 is 0 Å². The number of carbonyl (C=O) groups excluding carboxylic acids is 2. The van der Waals surface area contributed by atoms with Crippen LogP contribution in [-0.2, 0) is 9.59 Å². The van der Waals surface area contributed by atoms with Crippen molar-refractivity contribution >= 4 is 55.9 Å². The Morgan fingerprint density at radius 1 is 1.26 bits per heavy atom. The summed E-state index contributed by atoms with van der Waals surface area (Å²) in [5.74, 6) is -0.00364. The topological polar surface area (TPSA) is 63.2 Å². The molecule has 2 aromatic rings. The smallest absolute Gasteiger partial charge is 0.236 e. The van der Waals surface area contributed by atoms with E-state index < -0.39 is 0 Å². The molecule has 0 atom stereocenters. The zero-order valence-electron chi connectivity index (χ0n) is 9.56. The number of amides is 1. The first-order valence-electron chi connectivity index (χ1n) is 5.50. The van der Waals surface area contributed by atoms with Crippen LogP contribution in [0.15, 0.2) is 22.7 Å². The Morgan fingerprint density at radius 3 is 2.74 bits per heavy atom. The molecule has 1 fully saturated rings. The number of aromatic nitrogens is 2. The predicted octanol–water partition coefficient (Wildman–Crippen LogP) is 2.35. The number of benzene rings is 1. The number of hydrogen-bond acceptors (Lipinski definition) is 4. The van der Waals surface area contributed by atoms with Gasteiger partial charge in [-0.1, -0.05) is 6.07 Å². The molecule has 1 amide bonds. The Morgan fingerprint density at radius 2 is 2.05 bits per heavy atom. The molecule has 1 aromatic heterocycles. The van der Waals surface area contributed by atoms with Crippen LogP contribution < -0.4 is 4.90 Å².